The third kappa shape index (κ3) is 4.85. The van der Waals surface area contributed by atoms with Gasteiger partial charge in [-0.3, -0.25) is 14.7 Å². The summed E-state index contributed by atoms with van der Waals surface area (Å²) in [4.78, 5) is 19.6. The molecule has 1 aliphatic heterocycles. The maximum atomic E-state index is 13.0. The summed E-state index contributed by atoms with van der Waals surface area (Å²) in [6, 6.07) is 7.20. The largest absolute Gasteiger partial charge is 0.507 e. The summed E-state index contributed by atoms with van der Waals surface area (Å²) in [5, 5.41) is 10.7. The van der Waals surface area contributed by atoms with Gasteiger partial charge >= 0.3 is 0 Å². The van der Waals surface area contributed by atoms with E-state index < -0.39 is 0 Å². The lowest BCUT2D eigenvalue weighted by atomic mass is 9.99. The molecule has 0 aliphatic carbocycles. The van der Waals surface area contributed by atoms with E-state index in [1.54, 1.807) is 18.3 Å². The normalized spacial score (nSPS) is 14.5. The zero-order valence-corrected chi connectivity index (χ0v) is 17.6. The summed E-state index contributed by atoms with van der Waals surface area (Å²) in [6.45, 7) is 8.68. The van der Waals surface area contributed by atoms with E-state index >= 15 is 0 Å². The quantitative estimate of drug-likeness (QED) is 0.599. The smallest absolute Gasteiger partial charge is 0.232 e. The highest BCUT2D eigenvalue weighted by Gasteiger charge is 2.33. The van der Waals surface area contributed by atoms with Gasteiger partial charge in [-0.2, -0.15) is 0 Å². The number of hydrogen-bond acceptors (Lipinski definition) is 5. The summed E-state index contributed by atoms with van der Waals surface area (Å²) >= 11 is 0. The Hall–Kier alpha value is -2.66. The number of ketones is 1. The Morgan fingerprint density at radius 2 is 1.90 bits per heavy atom. The third-order valence-corrected chi connectivity index (χ3v) is 5.23. The molecule has 1 aromatic carbocycles. The van der Waals surface area contributed by atoms with Crippen LogP contribution in [0.2, 0.25) is 0 Å². The standard InChI is InChI=1S/C24H30N2O3/c1-4-6-12-26(13-7-5-2)16-19-20(27)14-17(3)22-23(28)21(29-24(19)22)15-18-10-8-9-11-25-18/h8-11,14-15,27H,4-7,12-13,16H2,1-3H3/b21-15+. The molecule has 154 valence electrons. The van der Waals surface area contributed by atoms with Crippen molar-refractivity contribution in [3.05, 3.63) is 58.6 Å². The molecule has 0 spiro atoms. The van der Waals surface area contributed by atoms with Crippen LogP contribution in [0.15, 0.2) is 36.2 Å². The molecular formula is C24H30N2O3. The number of aromatic nitrogens is 1. The molecular weight excluding hydrogens is 364 g/mol. The molecule has 3 rings (SSSR count). The fraction of sp³-hybridized carbons (Fsp3) is 0.417. The molecule has 1 aliphatic rings. The summed E-state index contributed by atoms with van der Waals surface area (Å²) in [5.41, 5.74) is 2.63. The van der Waals surface area contributed by atoms with Gasteiger partial charge in [-0.05, 0) is 56.6 Å². The van der Waals surface area contributed by atoms with Gasteiger partial charge in [0.2, 0.25) is 5.78 Å². The Balaban J connectivity index is 1.94. The van der Waals surface area contributed by atoms with E-state index in [4.69, 9.17) is 4.74 Å². The highest BCUT2D eigenvalue weighted by Crippen LogP contribution is 2.42. The minimum Gasteiger partial charge on any atom is -0.507 e. The first kappa shape index (κ1) is 21.1. The molecule has 5 nitrogen and oxygen atoms in total. The van der Waals surface area contributed by atoms with Crippen molar-refractivity contribution in [3.8, 4) is 11.5 Å². The number of pyridine rings is 1. The number of phenols is 1. The van der Waals surface area contributed by atoms with Crippen LogP contribution in [0.3, 0.4) is 0 Å². The summed E-state index contributed by atoms with van der Waals surface area (Å²) in [6.07, 6.45) is 7.78. The number of carbonyl (C=O) groups is 1. The van der Waals surface area contributed by atoms with E-state index in [2.05, 4.69) is 23.7 Å². The second kappa shape index (κ2) is 9.70. The highest BCUT2D eigenvalue weighted by molar-refractivity contribution is 6.15. The van der Waals surface area contributed by atoms with Crippen molar-refractivity contribution in [1.29, 1.82) is 0 Å². The summed E-state index contributed by atoms with van der Waals surface area (Å²) in [5.74, 6) is 0.777. The van der Waals surface area contributed by atoms with E-state index in [0.717, 1.165) is 44.3 Å². The molecule has 0 unspecified atom stereocenters. The van der Waals surface area contributed by atoms with Crippen molar-refractivity contribution in [3.63, 3.8) is 0 Å². The molecule has 0 radical (unpaired) electrons. The Kier molecular flexibility index (Phi) is 7.04. The number of carbonyl (C=O) groups excluding carboxylic acids is 1. The Morgan fingerprint density at radius 1 is 1.17 bits per heavy atom. The van der Waals surface area contributed by atoms with Crippen LogP contribution >= 0.6 is 0 Å². The average molecular weight is 395 g/mol. The van der Waals surface area contributed by atoms with Crippen molar-refractivity contribution >= 4 is 11.9 Å². The van der Waals surface area contributed by atoms with Crippen LogP contribution in [0.1, 0.15) is 66.7 Å². The van der Waals surface area contributed by atoms with Crippen LogP contribution < -0.4 is 4.74 Å². The van der Waals surface area contributed by atoms with Crippen LogP contribution in [-0.4, -0.2) is 33.9 Å². The zero-order chi connectivity index (χ0) is 20.8. The van der Waals surface area contributed by atoms with Gasteiger partial charge in [-0.25, -0.2) is 0 Å². The number of Topliss-reactive ketones (excluding diaryl/α,β-unsaturated/α-hetero) is 1. The fourth-order valence-electron chi connectivity index (χ4n) is 3.59. The summed E-state index contributed by atoms with van der Waals surface area (Å²) < 4.78 is 6.01. The molecule has 1 N–H and O–H groups in total. The van der Waals surface area contributed by atoms with E-state index in [-0.39, 0.29) is 17.3 Å². The van der Waals surface area contributed by atoms with E-state index in [1.807, 2.05) is 25.1 Å². The number of phenolic OH excluding ortho intramolecular Hbond substituents is 1. The van der Waals surface area contributed by atoms with E-state index in [0.29, 0.717) is 29.1 Å². The van der Waals surface area contributed by atoms with Crippen molar-refractivity contribution in [2.45, 2.75) is 53.0 Å². The Labute approximate surface area is 173 Å². The molecule has 2 heterocycles. The number of fused-ring (bicyclic) bond motifs is 1. The van der Waals surface area contributed by atoms with Gasteiger partial charge in [-0.15, -0.1) is 0 Å². The second-order valence-electron chi connectivity index (χ2n) is 7.57. The Bertz CT molecular complexity index is 883. The van der Waals surface area contributed by atoms with Gasteiger partial charge in [0.05, 0.1) is 16.8 Å². The van der Waals surface area contributed by atoms with E-state index in [9.17, 15) is 9.90 Å². The van der Waals surface area contributed by atoms with Gasteiger partial charge in [-0.1, -0.05) is 32.8 Å². The lowest BCUT2D eigenvalue weighted by Gasteiger charge is -2.23. The topological polar surface area (TPSA) is 62.7 Å². The molecule has 2 aromatic rings. The lowest BCUT2D eigenvalue weighted by molar-refractivity contribution is 0.101. The van der Waals surface area contributed by atoms with Crippen LogP contribution in [0.4, 0.5) is 0 Å². The first-order valence-electron chi connectivity index (χ1n) is 10.5. The molecule has 0 saturated heterocycles. The maximum absolute atomic E-state index is 13.0. The molecule has 0 amide bonds. The van der Waals surface area contributed by atoms with Gasteiger partial charge in [0.15, 0.2) is 5.76 Å². The molecule has 29 heavy (non-hydrogen) atoms. The minimum absolute atomic E-state index is 0.155. The minimum atomic E-state index is -0.155. The summed E-state index contributed by atoms with van der Waals surface area (Å²) in [7, 11) is 0. The zero-order valence-electron chi connectivity index (χ0n) is 17.6. The van der Waals surface area contributed by atoms with Gasteiger partial charge < -0.3 is 9.84 Å². The maximum Gasteiger partial charge on any atom is 0.232 e. The molecule has 0 fully saturated rings. The van der Waals surface area contributed by atoms with Crippen LogP contribution in [0, 0.1) is 6.92 Å². The van der Waals surface area contributed by atoms with Crippen LogP contribution in [-0.2, 0) is 6.54 Å². The number of rotatable bonds is 9. The molecule has 1 aromatic heterocycles. The van der Waals surface area contributed by atoms with E-state index in [1.165, 1.54) is 0 Å². The fourth-order valence-corrected chi connectivity index (χ4v) is 3.59. The predicted molar refractivity (Wildman–Crippen MR) is 115 cm³/mol. The second-order valence-corrected chi connectivity index (χ2v) is 7.57. The number of aryl methyl sites for hydroxylation is 1. The van der Waals surface area contributed by atoms with Crippen molar-refractivity contribution in [1.82, 2.24) is 9.88 Å². The number of aromatic hydroxyl groups is 1. The number of allylic oxidation sites excluding steroid dienone is 1. The molecule has 5 heteroatoms. The van der Waals surface area contributed by atoms with Crippen LogP contribution in [0.25, 0.3) is 6.08 Å². The molecule has 0 bridgehead atoms. The lowest BCUT2D eigenvalue weighted by Crippen LogP contribution is -2.26. The van der Waals surface area contributed by atoms with Crippen molar-refractivity contribution < 1.29 is 14.6 Å². The number of hydrogen-bond donors (Lipinski definition) is 1. The first-order valence-corrected chi connectivity index (χ1v) is 10.5. The average Bonchev–Trinajstić information content (AvgIpc) is 3.04. The number of nitrogens with zero attached hydrogens (tertiary/aromatic N) is 2. The van der Waals surface area contributed by atoms with Gasteiger partial charge in [0, 0.05) is 18.8 Å². The number of benzene rings is 1. The number of unbranched alkanes of at least 4 members (excludes halogenated alkanes) is 2. The van der Waals surface area contributed by atoms with Crippen LogP contribution in [0.5, 0.6) is 11.5 Å². The highest BCUT2D eigenvalue weighted by atomic mass is 16.5. The van der Waals surface area contributed by atoms with Gasteiger partial charge in [0.25, 0.3) is 0 Å². The third-order valence-electron chi connectivity index (χ3n) is 5.23. The monoisotopic (exact) mass is 394 g/mol. The molecule has 0 saturated carbocycles. The van der Waals surface area contributed by atoms with Gasteiger partial charge in [0.1, 0.15) is 11.5 Å². The van der Waals surface area contributed by atoms with Crippen molar-refractivity contribution in [2.24, 2.45) is 0 Å². The Morgan fingerprint density at radius 3 is 2.52 bits per heavy atom. The molecule has 0 atom stereocenters. The SMILES string of the molecule is CCCCN(CCCC)Cc1c(O)cc(C)c2c1O/C(=C/c1ccccn1)C2=O. The first-order chi connectivity index (χ1) is 14.0. The van der Waals surface area contributed by atoms with Crippen molar-refractivity contribution in [2.75, 3.05) is 13.1 Å². The number of ether oxygens (including phenoxy) is 1. The predicted octanol–water partition coefficient (Wildman–Crippen LogP) is 5.11.